The first-order valence-corrected chi connectivity index (χ1v) is 11.9. The average Bonchev–Trinajstić information content (AvgIpc) is 3.59. The van der Waals surface area contributed by atoms with Crippen LogP contribution in [0.1, 0.15) is 65.2 Å². The number of carbonyl (C=O) groups excluding carboxylic acids is 3. The van der Waals surface area contributed by atoms with Crippen molar-refractivity contribution in [1.82, 2.24) is 0 Å². The van der Waals surface area contributed by atoms with Crippen LogP contribution in [0, 0.1) is 28.6 Å². The molecule has 5 unspecified atom stereocenters. The fourth-order valence-electron chi connectivity index (χ4n) is 9.63. The number of hydrogen-bond donors (Lipinski definition) is 0. The first kappa shape index (κ1) is 19.0. The maximum absolute atomic E-state index is 13.2. The molecule has 4 aliphatic carbocycles. The van der Waals surface area contributed by atoms with E-state index < -0.39 is 22.9 Å². The molecular weight excluding hydrogens is 400 g/mol. The van der Waals surface area contributed by atoms with Crippen molar-refractivity contribution >= 4 is 17.7 Å². The Morgan fingerprint density at radius 3 is 2.58 bits per heavy atom. The minimum absolute atomic E-state index is 0.000380. The van der Waals surface area contributed by atoms with Crippen molar-refractivity contribution in [2.45, 2.75) is 94.2 Å². The van der Waals surface area contributed by atoms with Gasteiger partial charge >= 0.3 is 11.9 Å². The van der Waals surface area contributed by atoms with E-state index in [0.717, 1.165) is 32.1 Å². The molecule has 3 saturated heterocycles. The molecule has 7 nitrogen and oxygen atoms in total. The average molecular weight is 430 g/mol. The minimum atomic E-state index is -0.601. The van der Waals surface area contributed by atoms with Crippen molar-refractivity contribution in [2.24, 2.45) is 28.6 Å². The van der Waals surface area contributed by atoms with Gasteiger partial charge in [0.05, 0.1) is 19.1 Å². The zero-order valence-corrected chi connectivity index (χ0v) is 18.4. The summed E-state index contributed by atoms with van der Waals surface area (Å²) in [6.07, 6.45) is 5.22. The minimum Gasteiger partial charge on any atom is -0.469 e. The largest absolute Gasteiger partial charge is 0.469 e. The van der Waals surface area contributed by atoms with Crippen molar-refractivity contribution in [3.63, 3.8) is 0 Å². The Bertz CT molecular complexity index is 946. The van der Waals surface area contributed by atoms with Crippen LogP contribution < -0.4 is 0 Å². The summed E-state index contributed by atoms with van der Waals surface area (Å²) < 4.78 is 24.2. The van der Waals surface area contributed by atoms with E-state index >= 15 is 0 Å². The summed E-state index contributed by atoms with van der Waals surface area (Å²) in [7, 11) is 1.44. The van der Waals surface area contributed by atoms with Crippen LogP contribution in [0.15, 0.2) is 0 Å². The van der Waals surface area contributed by atoms with E-state index in [1.54, 1.807) is 0 Å². The van der Waals surface area contributed by atoms with E-state index in [1.165, 1.54) is 7.11 Å². The smallest absolute Gasteiger partial charge is 0.309 e. The summed E-state index contributed by atoms with van der Waals surface area (Å²) in [6.45, 7) is 4.50. The van der Waals surface area contributed by atoms with Crippen LogP contribution in [-0.2, 0) is 33.3 Å². The summed E-state index contributed by atoms with van der Waals surface area (Å²) in [5.41, 5.74) is -2.00. The van der Waals surface area contributed by atoms with Crippen LogP contribution in [0.3, 0.4) is 0 Å². The quantitative estimate of drug-likeness (QED) is 0.465. The predicted octanol–water partition coefficient (Wildman–Crippen LogP) is 2.34. The van der Waals surface area contributed by atoms with Gasteiger partial charge in [0, 0.05) is 29.6 Å². The number of methoxy groups -OCH3 is 1. The second-order valence-electron chi connectivity index (χ2n) is 11.7. The first-order chi connectivity index (χ1) is 14.7. The van der Waals surface area contributed by atoms with E-state index in [1.807, 2.05) is 0 Å². The highest BCUT2D eigenvalue weighted by atomic mass is 16.6. The lowest BCUT2D eigenvalue weighted by atomic mass is 9.41. The van der Waals surface area contributed by atoms with Crippen molar-refractivity contribution in [1.29, 1.82) is 0 Å². The van der Waals surface area contributed by atoms with Crippen LogP contribution in [0.4, 0.5) is 0 Å². The third-order valence-corrected chi connectivity index (χ3v) is 11.2. The molecule has 168 valence electrons. The zero-order chi connectivity index (χ0) is 21.6. The summed E-state index contributed by atoms with van der Waals surface area (Å²) in [4.78, 5) is 37.9. The second kappa shape index (κ2) is 5.19. The van der Waals surface area contributed by atoms with Gasteiger partial charge in [-0.3, -0.25) is 14.4 Å². The van der Waals surface area contributed by atoms with Gasteiger partial charge in [0.25, 0.3) is 0 Å². The van der Waals surface area contributed by atoms with Gasteiger partial charge in [0.15, 0.2) is 5.78 Å². The highest BCUT2D eigenvalue weighted by Gasteiger charge is 2.91. The van der Waals surface area contributed by atoms with Crippen molar-refractivity contribution in [3.8, 4) is 0 Å². The fraction of sp³-hybridized carbons (Fsp3) is 0.875. The molecule has 0 bridgehead atoms. The van der Waals surface area contributed by atoms with Gasteiger partial charge in [-0.25, -0.2) is 0 Å². The Labute approximate surface area is 181 Å². The number of ether oxygens (including phenoxy) is 4. The molecule has 7 rings (SSSR count). The van der Waals surface area contributed by atoms with Crippen molar-refractivity contribution in [2.75, 3.05) is 7.11 Å². The number of rotatable bonds is 1. The lowest BCUT2D eigenvalue weighted by molar-refractivity contribution is -0.184. The van der Waals surface area contributed by atoms with Gasteiger partial charge in [-0.1, -0.05) is 13.8 Å². The van der Waals surface area contributed by atoms with Crippen LogP contribution in [0.5, 0.6) is 0 Å². The predicted molar refractivity (Wildman–Crippen MR) is 105 cm³/mol. The Balaban J connectivity index is 1.37. The van der Waals surface area contributed by atoms with Crippen LogP contribution >= 0.6 is 0 Å². The molecule has 3 spiro atoms. The Morgan fingerprint density at radius 2 is 1.87 bits per heavy atom. The van der Waals surface area contributed by atoms with E-state index in [-0.39, 0.29) is 52.4 Å². The van der Waals surface area contributed by atoms with E-state index in [4.69, 9.17) is 18.9 Å². The lowest BCUT2D eigenvalue weighted by Gasteiger charge is -2.59. The summed E-state index contributed by atoms with van der Waals surface area (Å²) in [6, 6.07) is 0. The molecule has 0 aromatic heterocycles. The SMILES string of the molecule is COC(=O)C1C[C@@]23OC2C(=O)CC[C@]3(C)[C@@]23O[C@@H]2C[C@@]2(C)C(CCC24CCC(=O)O4)C13. The first-order valence-electron chi connectivity index (χ1n) is 11.9. The number of ketones is 1. The maximum atomic E-state index is 13.2. The number of carbonyl (C=O) groups is 3. The molecule has 31 heavy (non-hydrogen) atoms. The lowest BCUT2D eigenvalue weighted by Crippen LogP contribution is -2.68. The molecule has 0 aromatic carbocycles. The summed E-state index contributed by atoms with van der Waals surface area (Å²) in [5.74, 6) is -0.325. The monoisotopic (exact) mass is 430 g/mol. The Hall–Kier alpha value is -1.47. The number of epoxide rings is 2. The highest BCUT2D eigenvalue weighted by Crippen LogP contribution is 2.82. The van der Waals surface area contributed by atoms with Gasteiger partial charge in [-0.2, -0.15) is 0 Å². The van der Waals surface area contributed by atoms with Gasteiger partial charge in [-0.05, 0) is 44.4 Å². The van der Waals surface area contributed by atoms with Gasteiger partial charge in [-0.15, -0.1) is 0 Å². The molecule has 3 heterocycles. The van der Waals surface area contributed by atoms with Crippen LogP contribution in [0.25, 0.3) is 0 Å². The third-order valence-electron chi connectivity index (χ3n) is 11.2. The van der Waals surface area contributed by atoms with Gasteiger partial charge in [0.1, 0.15) is 22.9 Å². The number of Topliss-reactive ketones (excluding diaryl/α,β-unsaturated/α-hetero) is 1. The van der Waals surface area contributed by atoms with Gasteiger partial charge < -0.3 is 18.9 Å². The molecule has 7 fully saturated rings. The normalized spacial score (nSPS) is 60.3. The Morgan fingerprint density at radius 1 is 1.06 bits per heavy atom. The molecule has 10 atom stereocenters. The van der Waals surface area contributed by atoms with E-state index in [9.17, 15) is 14.4 Å². The van der Waals surface area contributed by atoms with Crippen LogP contribution in [0.2, 0.25) is 0 Å². The van der Waals surface area contributed by atoms with E-state index in [2.05, 4.69) is 13.8 Å². The third kappa shape index (κ3) is 1.77. The highest BCUT2D eigenvalue weighted by molar-refractivity contribution is 5.89. The molecule has 0 N–H and O–H groups in total. The number of esters is 2. The standard InChI is InChI=1S/C24H30O7/c1-20-11-15-24(29-15)17(13(20)4-8-22(20)9-6-16(26)30-22)12(19(27)28-3)10-23-18(31-23)14(25)5-7-21(23,24)2/h12-13,15,17-18H,4-11H2,1-3H3/t12?,13?,15-,17?,18?,20+,21+,22?,23-,24-/m1/s1. The molecule has 0 amide bonds. The van der Waals surface area contributed by atoms with Gasteiger partial charge in [0.2, 0.25) is 0 Å². The number of hydrogen-bond acceptors (Lipinski definition) is 7. The topological polar surface area (TPSA) is 94.7 Å². The maximum Gasteiger partial charge on any atom is 0.309 e. The zero-order valence-electron chi connectivity index (χ0n) is 18.4. The van der Waals surface area contributed by atoms with Crippen molar-refractivity contribution < 1.29 is 33.3 Å². The van der Waals surface area contributed by atoms with Crippen molar-refractivity contribution in [3.05, 3.63) is 0 Å². The summed E-state index contributed by atoms with van der Waals surface area (Å²) >= 11 is 0. The van der Waals surface area contributed by atoms with E-state index in [0.29, 0.717) is 19.3 Å². The molecular formula is C24H30O7. The van der Waals surface area contributed by atoms with Crippen LogP contribution in [-0.4, -0.2) is 53.8 Å². The molecule has 7 aliphatic rings. The molecule has 4 saturated carbocycles. The fourth-order valence-corrected chi connectivity index (χ4v) is 9.63. The molecule has 0 aromatic rings. The second-order valence-corrected chi connectivity index (χ2v) is 11.7. The molecule has 0 radical (unpaired) electrons. The molecule has 3 aliphatic heterocycles. The Kier molecular flexibility index (Phi) is 3.19. The molecule has 7 heteroatoms. The summed E-state index contributed by atoms with van der Waals surface area (Å²) in [5, 5.41) is 0. The number of fused-ring (bicyclic) bond motifs is 3.